The molecule has 0 fully saturated rings. The highest BCUT2D eigenvalue weighted by Crippen LogP contribution is 2.31. The second-order valence-corrected chi connectivity index (χ2v) is 9.59. The van der Waals surface area contributed by atoms with Crippen LogP contribution in [-0.2, 0) is 19.0 Å². The van der Waals surface area contributed by atoms with Gasteiger partial charge in [-0.3, -0.25) is 4.18 Å². The second-order valence-electron chi connectivity index (χ2n) is 7.95. The van der Waals surface area contributed by atoms with Gasteiger partial charge in [-0.25, -0.2) is 4.79 Å². The number of likely N-dealkylation sites (N-methyl/N-ethyl adjacent to an activating group) is 1. The fourth-order valence-electron chi connectivity index (χ4n) is 3.05. The summed E-state index contributed by atoms with van der Waals surface area (Å²) >= 11 is 0. The first-order chi connectivity index (χ1) is 13.5. The van der Waals surface area contributed by atoms with Crippen molar-refractivity contribution in [1.29, 1.82) is 0 Å². The third-order valence-corrected chi connectivity index (χ3v) is 4.90. The molecule has 0 aliphatic rings. The molecular weight excluding hydrogens is 390 g/mol. The number of nitrogens with zero attached hydrogens (tertiary/aromatic N) is 1. The summed E-state index contributed by atoms with van der Waals surface area (Å²) in [5.41, 5.74) is 1.20. The van der Waals surface area contributed by atoms with Gasteiger partial charge in [0.05, 0.1) is 18.9 Å². The second kappa shape index (κ2) is 9.41. The van der Waals surface area contributed by atoms with Crippen molar-refractivity contribution in [3.05, 3.63) is 71.8 Å². The van der Waals surface area contributed by atoms with E-state index in [9.17, 15) is 13.2 Å². The van der Waals surface area contributed by atoms with Crippen molar-refractivity contribution < 1.29 is 22.1 Å². The number of hydrogen-bond donors (Lipinski definition) is 0. The number of hydrogen-bond acceptors (Lipinski definition) is 5. The van der Waals surface area contributed by atoms with Gasteiger partial charge in [0.1, 0.15) is 5.60 Å². The Morgan fingerprint density at radius 1 is 0.966 bits per heavy atom. The van der Waals surface area contributed by atoms with Crippen LogP contribution in [0, 0.1) is 0 Å². The lowest BCUT2D eigenvalue weighted by Crippen LogP contribution is -2.46. The van der Waals surface area contributed by atoms with Crippen LogP contribution in [0.1, 0.15) is 37.8 Å². The fourth-order valence-corrected chi connectivity index (χ4v) is 3.44. The van der Waals surface area contributed by atoms with Crippen molar-refractivity contribution in [2.24, 2.45) is 0 Å². The topological polar surface area (TPSA) is 72.9 Å². The van der Waals surface area contributed by atoms with Gasteiger partial charge >= 0.3 is 6.09 Å². The van der Waals surface area contributed by atoms with Crippen LogP contribution in [0.2, 0.25) is 0 Å². The molecule has 0 aromatic heterocycles. The van der Waals surface area contributed by atoms with Gasteiger partial charge < -0.3 is 9.64 Å². The van der Waals surface area contributed by atoms with Gasteiger partial charge in [0.15, 0.2) is 0 Å². The molecule has 158 valence electrons. The first-order valence-corrected chi connectivity index (χ1v) is 11.2. The maximum absolute atomic E-state index is 12.8. The molecule has 0 heterocycles. The number of benzene rings is 2. The molecular formula is C22H29NO5S. The van der Waals surface area contributed by atoms with Gasteiger partial charge in [0.25, 0.3) is 10.1 Å². The van der Waals surface area contributed by atoms with E-state index in [2.05, 4.69) is 0 Å². The van der Waals surface area contributed by atoms with Crippen LogP contribution in [0.3, 0.4) is 0 Å². The Bertz CT molecular complexity index is 852. The van der Waals surface area contributed by atoms with Crippen LogP contribution >= 0.6 is 0 Å². The quantitative estimate of drug-likeness (QED) is 0.634. The lowest BCUT2D eigenvalue weighted by atomic mass is 9.84. The van der Waals surface area contributed by atoms with Crippen molar-refractivity contribution in [2.45, 2.75) is 38.3 Å². The normalized spacial score (nSPS) is 13.2. The molecule has 29 heavy (non-hydrogen) atoms. The maximum Gasteiger partial charge on any atom is 0.410 e. The van der Waals surface area contributed by atoms with E-state index in [4.69, 9.17) is 8.92 Å². The highest BCUT2D eigenvalue weighted by molar-refractivity contribution is 7.85. The Hall–Kier alpha value is -2.38. The van der Waals surface area contributed by atoms with E-state index in [1.54, 1.807) is 27.8 Å². The van der Waals surface area contributed by atoms with E-state index in [-0.39, 0.29) is 12.5 Å². The molecule has 0 spiro atoms. The minimum atomic E-state index is -3.69. The van der Waals surface area contributed by atoms with Crippen molar-refractivity contribution >= 4 is 16.2 Å². The monoisotopic (exact) mass is 419 g/mol. The molecule has 0 radical (unpaired) electrons. The van der Waals surface area contributed by atoms with Crippen LogP contribution in [0.5, 0.6) is 0 Å². The predicted molar refractivity (Wildman–Crippen MR) is 113 cm³/mol. The lowest BCUT2D eigenvalue weighted by molar-refractivity contribution is 0.0160. The number of ether oxygens (including phenoxy) is 1. The Labute approximate surface area is 173 Å². The summed E-state index contributed by atoms with van der Waals surface area (Å²) < 4.78 is 34.0. The average molecular weight is 420 g/mol. The Kier molecular flexibility index (Phi) is 7.43. The fraction of sp³-hybridized carbons (Fsp3) is 0.409. The molecule has 0 saturated carbocycles. The average Bonchev–Trinajstić information content (AvgIpc) is 2.64. The summed E-state index contributed by atoms with van der Waals surface area (Å²) in [6, 6.07) is 18.7. The smallest absolute Gasteiger partial charge is 0.410 e. The highest BCUT2D eigenvalue weighted by atomic mass is 32.2. The van der Waals surface area contributed by atoms with Gasteiger partial charge in [-0.2, -0.15) is 8.42 Å². The van der Waals surface area contributed by atoms with Gasteiger partial charge in [0.2, 0.25) is 0 Å². The van der Waals surface area contributed by atoms with Gasteiger partial charge in [-0.05, 0) is 31.9 Å². The molecule has 0 aliphatic heterocycles. The molecule has 0 aliphatic carbocycles. The molecule has 1 atom stereocenters. The van der Waals surface area contributed by atoms with Crippen LogP contribution in [-0.4, -0.2) is 51.0 Å². The van der Waals surface area contributed by atoms with Crippen LogP contribution in [0.4, 0.5) is 4.79 Å². The van der Waals surface area contributed by atoms with Crippen LogP contribution in [0.25, 0.3) is 0 Å². The SMILES string of the molecule is CN(C(=O)OC(C)(C)C)C(COS(C)(=O)=O)C(c1ccccc1)c1ccccc1. The van der Waals surface area contributed by atoms with E-state index >= 15 is 0 Å². The van der Waals surface area contributed by atoms with E-state index in [0.717, 1.165) is 17.4 Å². The Morgan fingerprint density at radius 3 is 1.79 bits per heavy atom. The van der Waals surface area contributed by atoms with E-state index < -0.39 is 27.9 Å². The third-order valence-electron chi connectivity index (χ3n) is 4.33. The van der Waals surface area contributed by atoms with Crippen LogP contribution in [0.15, 0.2) is 60.7 Å². The molecule has 0 saturated heterocycles. The van der Waals surface area contributed by atoms with E-state index in [1.807, 2.05) is 60.7 Å². The Balaban J connectivity index is 2.50. The number of carbonyl (C=O) groups is 1. The molecule has 2 aromatic carbocycles. The molecule has 7 heteroatoms. The standard InChI is InChI=1S/C22H29NO5S/c1-22(2,3)28-21(24)23(4)19(16-27-29(5,25)26)20(17-12-8-6-9-13-17)18-14-10-7-11-15-18/h6-15,19-20H,16H2,1-5H3. The summed E-state index contributed by atoms with van der Waals surface area (Å²) in [6.45, 7) is 5.16. The van der Waals surface area contributed by atoms with Crippen LogP contribution < -0.4 is 0 Å². The van der Waals surface area contributed by atoms with Crippen molar-refractivity contribution in [1.82, 2.24) is 4.90 Å². The zero-order valence-electron chi connectivity index (χ0n) is 17.5. The van der Waals surface area contributed by atoms with Crippen molar-refractivity contribution in [3.8, 4) is 0 Å². The number of amides is 1. The summed E-state index contributed by atoms with van der Waals surface area (Å²) in [5, 5.41) is 0. The van der Waals surface area contributed by atoms with Gasteiger partial charge in [0, 0.05) is 13.0 Å². The zero-order chi connectivity index (χ0) is 21.7. The number of carbonyl (C=O) groups excluding carboxylic acids is 1. The first kappa shape index (κ1) is 22.9. The van der Waals surface area contributed by atoms with Gasteiger partial charge in [-0.15, -0.1) is 0 Å². The minimum absolute atomic E-state index is 0.191. The minimum Gasteiger partial charge on any atom is -0.444 e. The molecule has 6 nitrogen and oxygen atoms in total. The maximum atomic E-state index is 12.8. The Morgan fingerprint density at radius 2 is 1.41 bits per heavy atom. The highest BCUT2D eigenvalue weighted by Gasteiger charge is 2.34. The molecule has 1 unspecified atom stereocenters. The number of rotatable bonds is 7. The molecule has 0 bridgehead atoms. The third kappa shape index (κ3) is 7.18. The van der Waals surface area contributed by atoms with Gasteiger partial charge in [-0.1, -0.05) is 60.7 Å². The predicted octanol–water partition coefficient (Wildman–Crippen LogP) is 4.03. The zero-order valence-corrected chi connectivity index (χ0v) is 18.3. The first-order valence-electron chi connectivity index (χ1n) is 9.38. The van der Waals surface area contributed by atoms with E-state index in [0.29, 0.717) is 0 Å². The van der Waals surface area contributed by atoms with E-state index in [1.165, 1.54) is 4.90 Å². The molecule has 2 rings (SSSR count). The molecule has 1 amide bonds. The summed E-state index contributed by atoms with van der Waals surface area (Å²) in [7, 11) is -2.09. The lowest BCUT2D eigenvalue weighted by Gasteiger charge is -2.36. The summed E-state index contributed by atoms with van der Waals surface area (Å²) in [5.74, 6) is -0.309. The summed E-state index contributed by atoms with van der Waals surface area (Å²) in [6.07, 6.45) is 0.453. The van der Waals surface area contributed by atoms with Crippen molar-refractivity contribution in [3.63, 3.8) is 0 Å². The summed E-state index contributed by atoms with van der Waals surface area (Å²) in [4.78, 5) is 14.2. The van der Waals surface area contributed by atoms with Crippen molar-refractivity contribution in [2.75, 3.05) is 19.9 Å². The molecule has 0 N–H and O–H groups in total. The molecule has 2 aromatic rings. The largest absolute Gasteiger partial charge is 0.444 e.